The molecule has 4 nitrogen and oxygen atoms in total. The summed E-state index contributed by atoms with van der Waals surface area (Å²) in [5.74, 6) is 1.37. The van der Waals surface area contributed by atoms with E-state index in [4.69, 9.17) is 9.47 Å². The average Bonchev–Trinajstić information content (AvgIpc) is 2.98. The Bertz CT molecular complexity index is 422. The Balaban J connectivity index is 1.77. The van der Waals surface area contributed by atoms with E-state index in [1.54, 1.807) is 0 Å². The lowest BCUT2D eigenvalue weighted by molar-refractivity contribution is -0.130. The van der Waals surface area contributed by atoms with Crippen molar-refractivity contribution in [2.75, 3.05) is 13.2 Å². The zero-order chi connectivity index (χ0) is 14.4. The van der Waals surface area contributed by atoms with E-state index in [1.165, 1.54) is 0 Å². The summed E-state index contributed by atoms with van der Waals surface area (Å²) in [6.07, 6.45) is 1.54. The predicted octanol–water partition coefficient (Wildman–Crippen LogP) is 2.52. The van der Waals surface area contributed by atoms with Crippen LogP contribution in [0.2, 0.25) is 0 Å². The van der Waals surface area contributed by atoms with Gasteiger partial charge in [-0.15, -0.1) is 0 Å². The van der Waals surface area contributed by atoms with E-state index in [0.29, 0.717) is 19.1 Å². The van der Waals surface area contributed by atoms with E-state index in [2.05, 4.69) is 19.2 Å². The van der Waals surface area contributed by atoms with Crippen LogP contribution in [0.3, 0.4) is 0 Å². The maximum atomic E-state index is 11.8. The van der Waals surface area contributed by atoms with E-state index in [1.807, 2.05) is 24.3 Å². The van der Waals surface area contributed by atoms with Crippen molar-refractivity contribution >= 4 is 5.91 Å². The summed E-state index contributed by atoms with van der Waals surface area (Å²) >= 11 is 0. The number of hydrogen-bond acceptors (Lipinski definition) is 3. The molecule has 1 atom stereocenters. The van der Waals surface area contributed by atoms with E-state index in [9.17, 15) is 4.79 Å². The molecule has 110 valence electrons. The fraction of sp³-hybridized carbons (Fsp3) is 0.562. The van der Waals surface area contributed by atoms with Gasteiger partial charge in [0, 0.05) is 13.2 Å². The zero-order valence-electron chi connectivity index (χ0n) is 12.2. The molecule has 0 saturated carbocycles. The first-order valence-corrected chi connectivity index (χ1v) is 7.26. The second-order valence-electron chi connectivity index (χ2n) is 5.57. The Morgan fingerprint density at radius 1 is 1.40 bits per heavy atom. The summed E-state index contributed by atoms with van der Waals surface area (Å²) in [4.78, 5) is 11.8. The van der Waals surface area contributed by atoms with Crippen molar-refractivity contribution in [3.05, 3.63) is 29.8 Å². The topological polar surface area (TPSA) is 47.6 Å². The molecule has 1 aromatic rings. The number of carbonyl (C=O) groups is 1. The van der Waals surface area contributed by atoms with Gasteiger partial charge in [-0.1, -0.05) is 26.0 Å². The fourth-order valence-electron chi connectivity index (χ4n) is 2.05. The molecule has 1 N–H and O–H groups in total. The summed E-state index contributed by atoms with van der Waals surface area (Å²) in [6, 6.07) is 7.84. The lowest BCUT2D eigenvalue weighted by atomic mass is 10.2. The number of benzene rings is 1. The minimum absolute atomic E-state index is 0.0114. The van der Waals surface area contributed by atoms with Gasteiger partial charge >= 0.3 is 0 Å². The second-order valence-corrected chi connectivity index (χ2v) is 5.57. The largest absolute Gasteiger partial charge is 0.493 e. The van der Waals surface area contributed by atoms with Gasteiger partial charge in [0.1, 0.15) is 11.9 Å². The number of rotatable bonds is 6. The highest BCUT2D eigenvalue weighted by Gasteiger charge is 2.22. The van der Waals surface area contributed by atoms with Gasteiger partial charge in [-0.3, -0.25) is 4.79 Å². The monoisotopic (exact) mass is 277 g/mol. The number of nitrogens with one attached hydrogen (secondary N) is 1. The normalized spacial score (nSPS) is 18.2. The molecule has 1 amide bonds. The Labute approximate surface area is 120 Å². The van der Waals surface area contributed by atoms with E-state index in [0.717, 1.165) is 30.8 Å². The van der Waals surface area contributed by atoms with E-state index >= 15 is 0 Å². The molecule has 1 aliphatic heterocycles. The molecule has 1 aliphatic rings. The Hall–Kier alpha value is -1.55. The maximum absolute atomic E-state index is 11.8. The first-order chi connectivity index (χ1) is 9.65. The first-order valence-electron chi connectivity index (χ1n) is 7.26. The van der Waals surface area contributed by atoms with Crippen LogP contribution in [0.25, 0.3) is 0 Å². The van der Waals surface area contributed by atoms with Gasteiger partial charge in [0.25, 0.3) is 0 Å². The summed E-state index contributed by atoms with van der Waals surface area (Å²) < 4.78 is 11.0. The smallest absolute Gasteiger partial charge is 0.249 e. The highest BCUT2D eigenvalue weighted by molar-refractivity contribution is 5.80. The lowest BCUT2D eigenvalue weighted by Crippen LogP contribution is -2.33. The Morgan fingerprint density at radius 2 is 2.15 bits per heavy atom. The van der Waals surface area contributed by atoms with Crippen LogP contribution < -0.4 is 10.1 Å². The van der Waals surface area contributed by atoms with Gasteiger partial charge in [-0.25, -0.2) is 0 Å². The van der Waals surface area contributed by atoms with Gasteiger partial charge in [-0.2, -0.15) is 0 Å². The number of hydrogen-bond donors (Lipinski definition) is 1. The minimum Gasteiger partial charge on any atom is -0.493 e. The second kappa shape index (κ2) is 7.29. The summed E-state index contributed by atoms with van der Waals surface area (Å²) in [7, 11) is 0. The Kier molecular flexibility index (Phi) is 5.41. The molecule has 0 aliphatic carbocycles. The third-order valence-corrected chi connectivity index (χ3v) is 3.20. The van der Waals surface area contributed by atoms with E-state index in [-0.39, 0.29) is 12.0 Å². The highest BCUT2D eigenvalue weighted by Crippen LogP contribution is 2.14. The van der Waals surface area contributed by atoms with Crippen molar-refractivity contribution in [3.63, 3.8) is 0 Å². The zero-order valence-corrected chi connectivity index (χ0v) is 12.2. The van der Waals surface area contributed by atoms with Crippen LogP contribution in [0.5, 0.6) is 5.75 Å². The quantitative estimate of drug-likeness (QED) is 0.869. The van der Waals surface area contributed by atoms with Crippen LogP contribution in [0.15, 0.2) is 24.3 Å². The van der Waals surface area contributed by atoms with Crippen molar-refractivity contribution < 1.29 is 14.3 Å². The van der Waals surface area contributed by atoms with Crippen LogP contribution in [-0.2, 0) is 16.1 Å². The van der Waals surface area contributed by atoms with Crippen molar-refractivity contribution in [2.24, 2.45) is 5.92 Å². The summed E-state index contributed by atoms with van der Waals surface area (Å²) in [5.41, 5.74) is 1.06. The third-order valence-electron chi connectivity index (χ3n) is 3.20. The molecule has 0 bridgehead atoms. The molecular formula is C16H23NO3. The van der Waals surface area contributed by atoms with Crippen LogP contribution in [0.1, 0.15) is 32.3 Å². The van der Waals surface area contributed by atoms with Crippen LogP contribution in [-0.4, -0.2) is 25.2 Å². The minimum atomic E-state index is -0.261. The SMILES string of the molecule is CC(C)COc1ccc(CNC(=O)[C@H]2CCCO2)cc1. The number of carbonyl (C=O) groups excluding carboxylic acids is 1. The molecule has 20 heavy (non-hydrogen) atoms. The van der Waals surface area contributed by atoms with Crippen molar-refractivity contribution in [1.29, 1.82) is 0 Å². The van der Waals surface area contributed by atoms with E-state index < -0.39 is 0 Å². The molecule has 1 saturated heterocycles. The molecule has 1 aromatic carbocycles. The van der Waals surface area contributed by atoms with Crippen LogP contribution in [0.4, 0.5) is 0 Å². The standard InChI is InChI=1S/C16H23NO3/c1-12(2)11-20-14-7-5-13(6-8-14)10-17-16(18)15-4-3-9-19-15/h5-8,12,15H,3-4,9-11H2,1-2H3,(H,17,18)/t15-/m1/s1. The van der Waals surface area contributed by atoms with Gasteiger partial charge in [0.2, 0.25) is 5.91 Å². The summed E-state index contributed by atoms with van der Waals surface area (Å²) in [5, 5.41) is 2.91. The molecule has 0 aromatic heterocycles. The summed E-state index contributed by atoms with van der Waals surface area (Å²) in [6.45, 7) is 6.18. The van der Waals surface area contributed by atoms with Crippen molar-refractivity contribution in [3.8, 4) is 5.75 Å². The molecular weight excluding hydrogens is 254 g/mol. The molecule has 1 heterocycles. The molecule has 4 heteroatoms. The molecule has 2 rings (SSSR count). The molecule has 1 fully saturated rings. The van der Waals surface area contributed by atoms with Crippen molar-refractivity contribution in [2.45, 2.75) is 39.3 Å². The fourth-order valence-corrected chi connectivity index (χ4v) is 2.05. The molecule has 0 unspecified atom stereocenters. The third kappa shape index (κ3) is 4.53. The molecule has 0 radical (unpaired) electrons. The van der Waals surface area contributed by atoms with Gasteiger partial charge < -0.3 is 14.8 Å². The number of ether oxygens (including phenoxy) is 2. The first kappa shape index (κ1) is 14.9. The number of amides is 1. The van der Waals surface area contributed by atoms with Gasteiger partial charge in [0.05, 0.1) is 6.61 Å². The van der Waals surface area contributed by atoms with Crippen LogP contribution >= 0.6 is 0 Å². The predicted molar refractivity (Wildman–Crippen MR) is 77.6 cm³/mol. The lowest BCUT2D eigenvalue weighted by Gasteiger charge is -2.11. The molecule has 0 spiro atoms. The van der Waals surface area contributed by atoms with Gasteiger partial charge in [0.15, 0.2) is 0 Å². The van der Waals surface area contributed by atoms with Crippen molar-refractivity contribution in [1.82, 2.24) is 5.32 Å². The van der Waals surface area contributed by atoms with Gasteiger partial charge in [-0.05, 0) is 36.5 Å². The van der Waals surface area contributed by atoms with Crippen LogP contribution in [0, 0.1) is 5.92 Å². The highest BCUT2D eigenvalue weighted by atomic mass is 16.5. The Morgan fingerprint density at radius 3 is 2.75 bits per heavy atom. The maximum Gasteiger partial charge on any atom is 0.249 e. The average molecular weight is 277 g/mol.